The first-order chi connectivity index (χ1) is 12.3. The number of unbranched alkanes of at least 4 members (excludes halogenated alkanes) is 2. The number of carbonyl (C=O) groups excluding carboxylic acids is 1. The molecule has 1 heteroatoms. The van der Waals surface area contributed by atoms with E-state index in [9.17, 15) is 4.79 Å². The molecule has 0 heterocycles. The number of aryl methyl sites for hydroxylation is 2. The number of benzene rings is 1. The molecule has 0 aromatic heterocycles. The van der Waals surface area contributed by atoms with Gasteiger partial charge >= 0.3 is 0 Å². The Balaban J connectivity index is 3.12. The van der Waals surface area contributed by atoms with E-state index in [1.165, 1.54) is 60.8 Å². The molecule has 146 valence electrons. The van der Waals surface area contributed by atoms with E-state index < -0.39 is 0 Å². The number of carbonyl (C=O) groups is 1. The van der Waals surface area contributed by atoms with Gasteiger partial charge in [0.25, 0.3) is 0 Å². The Hall–Kier alpha value is -1.37. The van der Waals surface area contributed by atoms with Gasteiger partial charge in [0.1, 0.15) is 0 Å². The van der Waals surface area contributed by atoms with Crippen molar-refractivity contribution in [1.29, 1.82) is 0 Å². The molecule has 0 saturated carbocycles. The molecule has 0 saturated heterocycles. The molecule has 1 nitrogen and oxygen atoms in total. The molecule has 0 spiro atoms. The van der Waals surface area contributed by atoms with Gasteiger partial charge in [-0.3, -0.25) is 4.79 Å². The van der Waals surface area contributed by atoms with E-state index in [0.29, 0.717) is 24.0 Å². The molecule has 0 aliphatic carbocycles. The lowest BCUT2D eigenvalue weighted by Gasteiger charge is -2.21. The maximum Gasteiger partial charge on any atom is 0.155 e. The standard InChI is InChI=1S/C25H40O/c1-7-9-11-23(12-10-8-2)24(18-25(26)13-19(3)4)17-22-15-20(5)14-21(6)16-22/h14-16,18-19,23H,7-13,17H2,1-6H3/b24-18-. The van der Waals surface area contributed by atoms with E-state index >= 15 is 0 Å². The van der Waals surface area contributed by atoms with Crippen LogP contribution in [0.2, 0.25) is 0 Å². The maximum absolute atomic E-state index is 12.6. The molecule has 0 aliphatic heterocycles. The first-order valence-electron chi connectivity index (χ1n) is 10.7. The second-order valence-electron chi connectivity index (χ2n) is 8.44. The van der Waals surface area contributed by atoms with Gasteiger partial charge in [-0.2, -0.15) is 0 Å². The van der Waals surface area contributed by atoms with Crippen LogP contribution in [0.4, 0.5) is 0 Å². The lowest BCUT2D eigenvalue weighted by Crippen LogP contribution is -2.11. The lowest BCUT2D eigenvalue weighted by molar-refractivity contribution is -0.115. The van der Waals surface area contributed by atoms with Gasteiger partial charge in [0, 0.05) is 6.42 Å². The van der Waals surface area contributed by atoms with Crippen LogP contribution in [0.3, 0.4) is 0 Å². The highest BCUT2D eigenvalue weighted by Crippen LogP contribution is 2.28. The molecule has 0 N–H and O–H groups in total. The second-order valence-corrected chi connectivity index (χ2v) is 8.44. The third-order valence-electron chi connectivity index (χ3n) is 4.98. The Bertz CT molecular complexity index is 552. The highest BCUT2D eigenvalue weighted by molar-refractivity contribution is 5.90. The summed E-state index contributed by atoms with van der Waals surface area (Å²) in [4.78, 5) is 12.6. The summed E-state index contributed by atoms with van der Waals surface area (Å²) in [7, 11) is 0. The van der Waals surface area contributed by atoms with E-state index in [-0.39, 0.29) is 0 Å². The van der Waals surface area contributed by atoms with Gasteiger partial charge in [-0.1, -0.05) is 88.3 Å². The summed E-state index contributed by atoms with van der Waals surface area (Å²) in [5, 5.41) is 0. The van der Waals surface area contributed by atoms with Crippen LogP contribution in [0.5, 0.6) is 0 Å². The third-order valence-corrected chi connectivity index (χ3v) is 4.98. The van der Waals surface area contributed by atoms with E-state index in [1.54, 1.807) is 0 Å². The SMILES string of the molecule is CCCCC(CCCC)/C(=C\C(=O)CC(C)C)Cc1cc(C)cc(C)c1. The van der Waals surface area contributed by atoms with Crippen LogP contribution in [0.25, 0.3) is 0 Å². The van der Waals surface area contributed by atoms with E-state index in [4.69, 9.17) is 0 Å². The molecule has 0 amide bonds. The summed E-state index contributed by atoms with van der Waals surface area (Å²) < 4.78 is 0. The zero-order valence-corrected chi connectivity index (χ0v) is 18.0. The Labute approximate surface area is 162 Å². The number of hydrogen-bond acceptors (Lipinski definition) is 1. The minimum atomic E-state index is 0.303. The van der Waals surface area contributed by atoms with Crippen LogP contribution >= 0.6 is 0 Å². The molecule has 0 unspecified atom stereocenters. The molecule has 0 fully saturated rings. The number of ketones is 1. The molecule has 0 bridgehead atoms. The topological polar surface area (TPSA) is 17.1 Å². The minimum absolute atomic E-state index is 0.303. The monoisotopic (exact) mass is 356 g/mol. The molecule has 26 heavy (non-hydrogen) atoms. The van der Waals surface area contributed by atoms with Crippen molar-refractivity contribution in [2.75, 3.05) is 0 Å². The average molecular weight is 357 g/mol. The molecule has 0 atom stereocenters. The van der Waals surface area contributed by atoms with Crippen molar-refractivity contribution in [3.05, 3.63) is 46.5 Å². The quantitative estimate of drug-likeness (QED) is 0.357. The highest BCUT2D eigenvalue weighted by Gasteiger charge is 2.16. The summed E-state index contributed by atoms with van der Waals surface area (Å²) in [5.74, 6) is 1.27. The summed E-state index contributed by atoms with van der Waals surface area (Å²) in [5.41, 5.74) is 5.34. The number of hydrogen-bond donors (Lipinski definition) is 0. The largest absolute Gasteiger partial charge is 0.295 e. The van der Waals surface area contributed by atoms with Gasteiger partial charge in [0.05, 0.1) is 0 Å². The van der Waals surface area contributed by atoms with Crippen LogP contribution < -0.4 is 0 Å². The smallest absolute Gasteiger partial charge is 0.155 e. The Kier molecular flexibility index (Phi) is 10.5. The van der Waals surface area contributed by atoms with Gasteiger partial charge in [0.15, 0.2) is 5.78 Å². The van der Waals surface area contributed by atoms with Crippen molar-refractivity contribution in [3.63, 3.8) is 0 Å². The number of rotatable bonds is 12. The Morgan fingerprint density at radius 3 is 1.96 bits per heavy atom. The van der Waals surface area contributed by atoms with Gasteiger partial charge < -0.3 is 0 Å². The summed E-state index contributed by atoms with van der Waals surface area (Å²) in [6.07, 6.45) is 10.9. The minimum Gasteiger partial charge on any atom is -0.295 e. The molecular formula is C25H40O. The Morgan fingerprint density at radius 1 is 0.962 bits per heavy atom. The average Bonchev–Trinajstić information content (AvgIpc) is 2.52. The predicted octanol–water partition coefficient (Wildman–Crippen LogP) is 7.38. The zero-order chi connectivity index (χ0) is 19.5. The first-order valence-corrected chi connectivity index (χ1v) is 10.7. The molecule has 0 aliphatic rings. The molecule has 1 aromatic carbocycles. The predicted molar refractivity (Wildman–Crippen MR) is 115 cm³/mol. The van der Waals surface area contributed by atoms with Crippen molar-refractivity contribution >= 4 is 5.78 Å². The summed E-state index contributed by atoms with van der Waals surface area (Å²) in [6.45, 7) is 13.1. The lowest BCUT2D eigenvalue weighted by atomic mass is 9.84. The highest BCUT2D eigenvalue weighted by atomic mass is 16.1. The van der Waals surface area contributed by atoms with Crippen molar-refractivity contribution in [2.24, 2.45) is 11.8 Å². The van der Waals surface area contributed by atoms with Gasteiger partial charge in [-0.05, 0) is 56.6 Å². The van der Waals surface area contributed by atoms with Gasteiger partial charge in [-0.25, -0.2) is 0 Å². The molecular weight excluding hydrogens is 316 g/mol. The van der Waals surface area contributed by atoms with Crippen LogP contribution in [-0.2, 0) is 11.2 Å². The fourth-order valence-electron chi connectivity index (χ4n) is 3.80. The first kappa shape index (κ1) is 22.7. The summed E-state index contributed by atoms with van der Waals surface area (Å²) >= 11 is 0. The van der Waals surface area contributed by atoms with E-state index in [1.807, 2.05) is 6.08 Å². The molecule has 0 radical (unpaired) electrons. The molecule has 1 aromatic rings. The van der Waals surface area contributed by atoms with Gasteiger partial charge in [-0.15, -0.1) is 0 Å². The van der Waals surface area contributed by atoms with Crippen molar-refractivity contribution in [1.82, 2.24) is 0 Å². The van der Waals surface area contributed by atoms with Crippen LogP contribution in [-0.4, -0.2) is 5.78 Å². The Morgan fingerprint density at radius 2 is 1.50 bits per heavy atom. The fraction of sp³-hybridized carbons (Fsp3) is 0.640. The van der Waals surface area contributed by atoms with Crippen molar-refractivity contribution in [2.45, 2.75) is 92.9 Å². The van der Waals surface area contributed by atoms with Gasteiger partial charge in [0.2, 0.25) is 0 Å². The second kappa shape index (κ2) is 12.1. The fourth-order valence-corrected chi connectivity index (χ4v) is 3.80. The summed E-state index contributed by atoms with van der Waals surface area (Å²) in [6, 6.07) is 6.79. The van der Waals surface area contributed by atoms with Crippen LogP contribution in [0, 0.1) is 25.7 Å². The third kappa shape index (κ3) is 8.83. The van der Waals surface area contributed by atoms with Crippen LogP contribution in [0.15, 0.2) is 29.8 Å². The van der Waals surface area contributed by atoms with E-state index in [2.05, 4.69) is 59.7 Å². The molecule has 1 rings (SSSR count). The number of allylic oxidation sites excluding steroid dienone is 2. The van der Waals surface area contributed by atoms with Crippen molar-refractivity contribution in [3.8, 4) is 0 Å². The van der Waals surface area contributed by atoms with E-state index in [0.717, 1.165) is 6.42 Å². The normalized spacial score (nSPS) is 12.2. The van der Waals surface area contributed by atoms with Crippen LogP contribution in [0.1, 0.15) is 89.3 Å². The maximum atomic E-state index is 12.6. The van der Waals surface area contributed by atoms with Crippen molar-refractivity contribution < 1.29 is 4.79 Å². The zero-order valence-electron chi connectivity index (χ0n) is 18.0.